The molecular formula is C14H10ClF3. The minimum absolute atomic E-state index is 0.0000743. The highest BCUT2D eigenvalue weighted by Gasteiger charge is 2.17. The molecule has 2 aromatic carbocycles. The van der Waals surface area contributed by atoms with Gasteiger partial charge >= 0.3 is 0 Å². The number of hydrogen-bond acceptors (Lipinski definition) is 0. The van der Waals surface area contributed by atoms with E-state index in [-0.39, 0.29) is 5.56 Å². The van der Waals surface area contributed by atoms with Crippen LogP contribution < -0.4 is 0 Å². The van der Waals surface area contributed by atoms with Crippen LogP contribution in [-0.4, -0.2) is 0 Å². The van der Waals surface area contributed by atoms with Gasteiger partial charge in [-0.1, -0.05) is 12.1 Å². The number of benzene rings is 2. The van der Waals surface area contributed by atoms with Crippen LogP contribution >= 0.6 is 11.6 Å². The molecule has 94 valence electrons. The van der Waals surface area contributed by atoms with E-state index in [4.69, 9.17) is 11.6 Å². The van der Waals surface area contributed by atoms with E-state index >= 15 is 0 Å². The minimum Gasteiger partial charge on any atom is -0.207 e. The smallest absolute Gasteiger partial charge is 0.128 e. The Bertz CT molecular complexity index is 581. The van der Waals surface area contributed by atoms with E-state index in [1.165, 1.54) is 6.07 Å². The van der Waals surface area contributed by atoms with Crippen molar-refractivity contribution in [1.29, 1.82) is 0 Å². The van der Waals surface area contributed by atoms with Gasteiger partial charge < -0.3 is 0 Å². The molecule has 0 radical (unpaired) electrons. The van der Waals surface area contributed by atoms with Gasteiger partial charge in [0.2, 0.25) is 0 Å². The van der Waals surface area contributed by atoms with E-state index in [1.54, 1.807) is 19.1 Å². The zero-order chi connectivity index (χ0) is 13.3. The molecule has 0 aliphatic rings. The minimum atomic E-state index is -0.921. The van der Waals surface area contributed by atoms with E-state index in [2.05, 4.69) is 0 Å². The summed E-state index contributed by atoms with van der Waals surface area (Å²) in [6.45, 7) is 1.62. The summed E-state index contributed by atoms with van der Waals surface area (Å²) in [7, 11) is 0. The number of halogens is 4. The van der Waals surface area contributed by atoms with E-state index < -0.39 is 22.8 Å². The molecule has 0 saturated heterocycles. The zero-order valence-electron chi connectivity index (χ0n) is 9.55. The summed E-state index contributed by atoms with van der Waals surface area (Å²) >= 11 is 6.06. The summed E-state index contributed by atoms with van der Waals surface area (Å²) in [5.41, 5.74) is 0.867. The maximum atomic E-state index is 13.5. The Morgan fingerprint density at radius 2 is 1.67 bits per heavy atom. The van der Waals surface area contributed by atoms with Gasteiger partial charge in [0.05, 0.1) is 5.38 Å². The molecule has 0 N–H and O–H groups in total. The molecule has 0 nitrogen and oxygen atoms in total. The quantitative estimate of drug-likeness (QED) is 0.692. The molecular weight excluding hydrogens is 261 g/mol. The van der Waals surface area contributed by atoms with Crippen molar-refractivity contribution in [1.82, 2.24) is 0 Å². The van der Waals surface area contributed by atoms with Crippen LogP contribution in [0, 0.1) is 24.4 Å². The van der Waals surface area contributed by atoms with Gasteiger partial charge in [0.1, 0.15) is 17.5 Å². The van der Waals surface area contributed by atoms with Gasteiger partial charge in [0.15, 0.2) is 0 Å². The average Bonchev–Trinajstić information content (AvgIpc) is 2.35. The first-order chi connectivity index (χ1) is 8.49. The third-order valence-electron chi connectivity index (χ3n) is 2.72. The Balaban J connectivity index is 2.44. The van der Waals surface area contributed by atoms with Crippen molar-refractivity contribution in [2.75, 3.05) is 0 Å². The Kier molecular flexibility index (Phi) is 3.62. The number of rotatable bonds is 2. The largest absolute Gasteiger partial charge is 0.207 e. The monoisotopic (exact) mass is 270 g/mol. The van der Waals surface area contributed by atoms with Crippen molar-refractivity contribution in [3.05, 3.63) is 70.5 Å². The highest BCUT2D eigenvalue weighted by Crippen LogP contribution is 2.31. The third kappa shape index (κ3) is 2.51. The molecule has 0 heterocycles. The number of hydrogen-bond donors (Lipinski definition) is 0. The highest BCUT2D eigenvalue weighted by atomic mass is 35.5. The van der Waals surface area contributed by atoms with Gasteiger partial charge in [-0.3, -0.25) is 0 Å². The first kappa shape index (κ1) is 13.0. The molecule has 1 atom stereocenters. The van der Waals surface area contributed by atoms with Crippen LogP contribution in [0.4, 0.5) is 13.2 Å². The van der Waals surface area contributed by atoms with E-state index in [9.17, 15) is 13.2 Å². The standard InChI is InChI=1S/C14H10ClF3/c1-8-2-3-9(6-13(8)18)14(15)11-7-10(16)4-5-12(11)17/h2-7,14H,1H3. The van der Waals surface area contributed by atoms with E-state index in [0.29, 0.717) is 11.1 Å². The lowest BCUT2D eigenvalue weighted by molar-refractivity contribution is 0.586. The second kappa shape index (κ2) is 5.02. The van der Waals surface area contributed by atoms with Crippen LogP contribution in [0.2, 0.25) is 0 Å². The normalized spacial score (nSPS) is 12.5. The molecule has 0 aromatic heterocycles. The topological polar surface area (TPSA) is 0 Å². The molecule has 1 unspecified atom stereocenters. The van der Waals surface area contributed by atoms with Gasteiger partial charge in [-0.05, 0) is 42.3 Å². The lowest BCUT2D eigenvalue weighted by Crippen LogP contribution is -1.99. The maximum absolute atomic E-state index is 13.5. The van der Waals surface area contributed by atoms with Crippen molar-refractivity contribution in [2.24, 2.45) is 0 Å². The van der Waals surface area contributed by atoms with Crippen molar-refractivity contribution >= 4 is 11.6 Å². The number of alkyl halides is 1. The summed E-state index contributed by atoms with van der Waals surface area (Å²) in [6, 6.07) is 7.42. The first-order valence-electron chi connectivity index (χ1n) is 5.34. The highest BCUT2D eigenvalue weighted by molar-refractivity contribution is 6.22. The van der Waals surface area contributed by atoms with Crippen molar-refractivity contribution < 1.29 is 13.2 Å². The molecule has 0 amide bonds. The Morgan fingerprint density at radius 3 is 2.33 bits per heavy atom. The summed E-state index contributed by atoms with van der Waals surface area (Å²) in [5, 5.41) is -0.921. The second-order valence-electron chi connectivity index (χ2n) is 4.04. The Hall–Kier alpha value is -1.48. The van der Waals surface area contributed by atoms with Crippen molar-refractivity contribution in [2.45, 2.75) is 12.3 Å². The SMILES string of the molecule is Cc1ccc(C(Cl)c2cc(F)ccc2F)cc1F. The fourth-order valence-electron chi connectivity index (χ4n) is 1.66. The van der Waals surface area contributed by atoms with Crippen LogP contribution in [0.25, 0.3) is 0 Å². The Morgan fingerprint density at radius 1 is 0.944 bits per heavy atom. The number of aryl methyl sites for hydroxylation is 1. The molecule has 2 rings (SSSR count). The fraction of sp³-hybridized carbons (Fsp3) is 0.143. The molecule has 0 fully saturated rings. The van der Waals surface area contributed by atoms with Crippen molar-refractivity contribution in [3.63, 3.8) is 0 Å². The second-order valence-corrected chi connectivity index (χ2v) is 4.47. The molecule has 18 heavy (non-hydrogen) atoms. The fourth-order valence-corrected chi connectivity index (χ4v) is 1.96. The zero-order valence-corrected chi connectivity index (χ0v) is 10.3. The van der Waals surface area contributed by atoms with Gasteiger partial charge in [-0.15, -0.1) is 11.6 Å². The van der Waals surface area contributed by atoms with Crippen LogP contribution in [0.3, 0.4) is 0 Å². The van der Waals surface area contributed by atoms with Gasteiger partial charge in [-0.2, -0.15) is 0 Å². The third-order valence-corrected chi connectivity index (χ3v) is 3.21. The lowest BCUT2D eigenvalue weighted by Gasteiger charge is -2.12. The molecule has 0 aliphatic carbocycles. The van der Waals surface area contributed by atoms with Crippen LogP contribution in [0.15, 0.2) is 36.4 Å². The van der Waals surface area contributed by atoms with E-state index in [0.717, 1.165) is 18.2 Å². The van der Waals surface area contributed by atoms with Gasteiger partial charge in [0.25, 0.3) is 0 Å². The summed E-state index contributed by atoms with van der Waals surface area (Å²) in [5.74, 6) is -1.61. The van der Waals surface area contributed by atoms with E-state index in [1.807, 2.05) is 0 Å². The summed E-state index contributed by atoms with van der Waals surface area (Å²) in [4.78, 5) is 0. The average molecular weight is 271 g/mol. The molecule has 0 spiro atoms. The van der Waals surface area contributed by atoms with Crippen LogP contribution in [-0.2, 0) is 0 Å². The van der Waals surface area contributed by atoms with Crippen molar-refractivity contribution in [3.8, 4) is 0 Å². The molecule has 0 aliphatic heterocycles. The predicted octanol–water partition coefficient (Wildman–Crippen LogP) is 4.74. The molecule has 4 heteroatoms. The predicted molar refractivity (Wildman–Crippen MR) is 65.2 cm³/mol. The molecule has 2 aromatic rings. The Labute approximate surface area is 108 Å². The first-order valence-corrected chi connectivity index (χ1v) is 5.78. The molecule has 0 bridgehead atoms. The molecule has 0 saturated carbocycles. The van der Waals surface area contributed by atoms with Crippen LogP contribution in [0.5, 0.6) is 0 Å². The lowest BCUT2D eigenvalue weighted by atomic mass is 10.0. The van der Waals surface area contributed by atoms with Crippen LogP contribution in [0.1, 0.15) is 22.1 Å². The van der Waals surface area contributed by atoms with Gasteiger partial charge in [0, 0.05) is 5.56 Å². The summed E-state index contributed by atoms with van der Waals surface area (Å²) in [6.07, 6.45) is 0. The summed E-state index contributed by atoms with van der Waals surface area (Å²) < 4.78 is 40.0. The van der Waals surface area contributed by atoms with Gasteiger partial charge in [-0.25, -0.2) is 13.2 Å². The maximum Gasteiger partial charge on any atom is 0.128 e.